The predicted molar refractivity (Wildman–Crippen MR) is 59.9 cm³/mol. The lowest BCUT2D eigenvalue weighted by molar-refractivity contribution is -0.143. The molecule has 8 nitrogen and oxygen atoms in total. The number of carboxylic acids is 1. The number of aliphatic carboxylic acids is 1. The van der Waals surface area contributed by atoms with Crippen LogP contribution in [0.5, 0.6) is 0 Å². The third-order valence-electron chi connectivity index (χ3n) is 2.06. The van der Waals surface area contributed by atoms with E-state index in [-0.39, 0.29) is 13.2 Å². The summed E-state index contributed by atoms with van der Waals surface area (Å²) >= 11 is 0. The molecule has 1 heterocycles. The van der Waals surface area contributed by atoms with Gasteiger partial charge in [-0.1, -0.05) is 0 Å². The summed E-state index contributed by atoms with van der Waals surface area (Å²) in [7, 11) is 1.33. The molecule has 0 aromatic carbocycles. The molecule has 2 N–H and O–H groups in total. The number of hydrogen-bond acceptors (Lipinski definition) is 5. The minimum atomic E-state index is -1.20. The van der Waals surface area contributed by atoms with Gasteiger partial charge in [-0.15, -0.1) is 0 Å². The van der Waals surface area contributed by atoms with Gasteiger partial charge in [-0.25, -0.2) is 14.6 Å². The standard InChI is InChI=1S/C10H13N3O5/c1-18-6-7(9(15)16)12-8(14)5-13-4-2-3-11-10(13)17/h2-4,7H,5-6H2,1H3,(H,12,14)(H,15,16). The molecule has 1 rings (SSSR count). The van der Waals surface area contributed by atoms with E-state index in [0.717, 1.165) is 4.57 Å². The molecule has 1 aromatic rings. The first-order valence-corrected chi connectivity index (χ1v) is 5.07. The molecule has 1 aromatic heterocycles. The Hall–Kier alpha value is -2.22. The van der Waals surface area contributed by atoms with Gasteiger partial charge >= 0.3 is 11.7 Å². The monoisotopic (exact) mass is 255 g/mol. The van der Waals surface area contributed by atoms with Gasteiger partial charge in [0.25, 0.3) is 0 Å². The van der Waals surface area contributed by atoms with Crippen molar-refractivity contribution in [3.8, 4) is 0 Å². The van der Waals surface area contributed by atoms with Gasteiger partial charge in [-0.05, 0) is 6.07 Å². The molecule has 98 valence electrons. The zero-order valence-electron chi connectivity index (χ0n) is 9.70. The van der Waals surface area contributed by atoms with Gasteiger partial charge in [0, 0.05) is 19.5 Å². The average molecular weight is 255 g/mol. The molecule has 0 radical (unpaired) electrons. The summed E-state index contributed by atoms with van der Waals surface area (Å²) in [4.78, 5) is 37.0. The van der Waals surface area contributed by atoms with Crippen molar-refractivity contribution in [1.82, 2.24) is 14.9 Å². The fourth-order valence-corrected chi connectivity index (χ4v) is 1.24. The van der Waals surface area contributed by atoms with Gasteiger partial charge in [0.1, 0.15) is 6.54 Å². The SMILES string of the molecule is COCC(NC(=O)Cn1cccnc1=O)C(=O)O. The smallest absolute Gasteiger partial charge is 0.347 e. The van der Waals surface area contributed by atoms with Gasteiger partial charge < -0.3 is 15.2 Å². The molecule has 0 aliphatic carbocycles. The Morgan fingerprint density at radius 2 is 2.33 bits per heavy atom. The second-order valence-corrected chi connectivity index (χ2v) is 3.44. The van der Waals surface area contributed by atoms with Gasteiger partial charge in [-0.3, -0.25) is 9.36 Å². The first-order chi connectivity index (χ1) is 8.54. The Morgan fingerprint density at radius 3 is 2.89 bits per heavy atom. The van der Waals surface area contributed by atoms with E-state index in [1.807, 2.05) is 0 Å². The fraction of sp³-hybridized carbons (Fsp3) is 0.400. The lowest BCUT2D eigenvalue weighted by atomic mass is 10.3. The number of ether oxygens (including phenoxy) is 1. The van der Waals surface area contributed by atoms with E-state index >= 15 is 0 Å². The molecule has 0 aliphatic rings. The van der Waals surface area contributed by atoms with E-state index in [2.05, 4.69) is 15.0 Å². The molecule has 1 amide bonds. The Kier molecular flexibility index (Phi) is 5.00. The lowest BCUT2D eigenvalue weighted by Crippen LogP contribution is -2.45. The quantitative estimate of drug-likeness (QED) is 0.637. The van der Waals surface area contributed by atoms with Crippen LogP contribution in [0.15, 0.2) is 23.3 Å². The van der Waals surface area contributed by atoms with Crippen LogP contribution in [0.4, 0.5) is 0 Å². The molecule has 0 fully saturated rings. The summed E-state index contributed by atoms with van der Waals surface area (Å²) in [6.07, 6.45) is 2.70. The van der Waals surface area contributed by atoms with Crippen LogP contribution in [0, 0.1) is 0 Å². The Labute approximate surface area is 102 Å². The van der Waals surface area contributed by atoms with Crippen LogP contribution in [-0.2, 0) is 20.9 Å². The number of nitrogens with one attached hydrogen (secondary N) is 1. The number of aromatic nitrogens is 2. The third kappa shape index (κ3) is 3.98. The van der Waals surface area contributed by atoms with Gasteiger partial charge in [0.15, 0.2) is 6.04 Å². The maximum absolute atomic E-state index is 11.5. The zero-order valence-corrected chi connectivity index (χ0v) is 9.70. The van der Waals surface area contributed by atoms with Crippen LogP contribution >= 0.6 is 0 Å². The van der Waals surface area contributed by atoms with Crippen molar-refractivity contribution >= 4 is 11.9 Å². The molecule has 1 atom stereocenters. The first kappa shape index (κ1) is 13.8. The maximum Gasteiger partial charge on any atom is 0.347 e. The number of carboxylic acid groups (broad SMARTS) is 1. The lowest BCUT2D eigenvalue weighted by Gasteiger charge is -2.13. The van der Waals surface area contributed by atoms with Crippen molar-refractivity contribution in [2.24, 2.45) is 0 Å². The molecule has 1 unspecified atom stereocenters. The summed E-state index contributed by atoms with van der Waals surface area (Å²) in [5, 5.41) is 11.0. The molecule has 0 bridgehead atoms. The van der Waals surface area contributed by atoms with Crippen molar-refractivity contribution in [2.75, 3.05) is 13.7 Å². The molecular weight excluding hydrogens is 242 g/mol. The third-order valence-corrected chi connectivity index (χ3v) is 2.06. The number of hydrogen-bond donors (Lipinski definition) is 2. The molecule has 18 heavy (non-hydrogen) atoms. The van der Waals surface area contributed by atoms with Gasteiger partial charge in [0.2, 0.25) is 5.91 Å². The minimum Gasteiger partial charge on any atom is -0.480 e. The summed E-state index contributed by atoms with van der Waals surface area (Å²) in [6, 6.07) is 0.355. The Morgan fingerprint density at radius 1 is 1.61 bits per heavy atom. The van der Waals surface area contributed by atoms with E-state index in [4.69, 9.17) is 5.11 Å². The molecular formula is C10H13N3O5. The van der Waals surface area contributed by atoms with E-state index in [0.29, 0.717) is 0 Å². The van der Waals surface area contributed by atoms with Crippen molar-refractivity contribution < 1.29 is 19.4 Å². The van der Waals surface area contributed by atoms with Crippen LogP contribution in [0.1, 0.15) is 0 Å². The van der Waals surface area contributed by atoms with Crippen molar-refractivity contribution in [3.05, 3.63) is 28.9 Å². The topological polar surface area (TPSA) is 111 Å². The second-order valence-electron chi connectivity index (χ2n) is 3.44. The highest BCUT2D eigenvalue weighted by molar-refractivity contribution is 5.83. The highest BCUT2D eigenvalue weighted by Gasteiger charge is 2.19. The van der Waals surface area contributed by atoms with Crippen molar-refractivity contribution in [2.45, 2.75) is 12.6 Å². The summed E-state index contributed by atoms with van der Waals surface area (Å²) < 4.78 is 5.73. The molecule has 8 heteroatoms. The first-order valence-electron chi connectivity index (χ1n) is 5.07. The molecule has 0 aliphatic heterocycles. The summed E-state index contributed by atoms with van der Waals surface area (Å²) in [5.41, 5.74) is -0.578. The largest absolute Gasteiger partial charge is 0.480 e. The summed E-state index contributed by atoms with van der Waals surface area (Å²) in [5.74, 6) is -1.81. The second kappa shape index (κ2) is 6.50. The normalized spacial score (nSPS) is 11.8. The minimum absolute atomic E-state index is 0.150. The average Bonchev–Trinajstić information content (AvgIpc) is 2.31. The zero-order chi connectivity index (χ0) is 13.5. The number of carbonyl (C=O) groups excluding carboxylic acids is 1. The van der Waals surface area contributed by atoms with Crippen LogP contribution in [0.3, 0.4) is 0 Å². The molecule has 0 saturated carbocycles. The highest BCUT2D eigenvalue weighted by Crippen LogP contribution is 1.88. The number of nitrogens with zero attached hydrogens (tertiary/aromatic N) is 2. The van der Waals surface area contributed by atoms with E-state index in [1.165, 1.54) is 25.6 Å². The number of amides is 1. The number of rotatable bonds is 6. The predicted octanol–water partition coefficient (Wildman–Crippen LogP) is -1.54. The van der Waals surface area contributed by atoms with E-state index in [1.54, 1.807) is 0 Å². The van der Waals surface area contributed by atoms with Gasteiger partial charge in [0.05, 0.1) is 6.61 Å². The Bertz CT molecular complexity index is 484. The molecule has 0 spiro atoms. The highest BCUT2D eigenvalue weighted by atomic mass is 16.5. The number of methoxy groups -OCH3 is 1. The van der Waals surface area contributed by atoms with Gasteiger partial charge in [-0.2, -0.15) is 0 Å². The fourth-order valence-electron chi connectivity index (χ4n) is 1.24. The Balaban J connectivity index is 2.63. The van der Waals surface area contributed by atoms with E-state index < -0.39 is 23.6 Å². The summed E-state index contributed by atoms with van der Waals surface area (Å²) in [6.45, 7) is -0.441. The van der Waals surface area contributed by atoms with Crippen LogP contribution in [-0.4, -0.2) is 46.3 Å². The van der Waals surface area contributed by atoms with Crippen LogP contribution in [0.2, 0.25) is 0 Å². The number of carbonyl (C=O) groups is 2. The van der Waals surface area contributed by atoms with Crippen LogP contribution < -0.4 is 11.0 Å². The van der Waals surface area contributed by atoms with Crippen molar-refractivity contribution in [1.29, 1.82) is 0 Å². The van der Waals surface area contributed by atoms with Crippen LogP contribution in [0.25, 0.3) is 0 Å². The van der Waals surface area contributed by atoms with E-state index in [9.17, 15) is 14.4 Å². The van der Waals surface area contributed by atoms with Crippen molar-refractivity contribution in [3.63, 3.8) is 0 Å². The maximum atomic E-state index is 11.5. The molecule has 0 saturated heterocycles.